The van der Waals surface area contributed by atoms with Crippen LogP contribution in [0.4, 0.5) is 0 Å². The van der Waals surface area contributed by atoms with Crippen LogP contribution in [0.2, 0.25) is 0 Å². The third-order valence-electron chi connectivity index (χ3n) is 2.31. The fourth-order valence-electron chi connectivity index (χ4n) is 1.62. The van der Waals surface area contributed by atoms with Gasteiger partial charge in [0.2, 0.25) is 0 Å². The average molecular weight is 180 g/mol. The molecule has 0 radical (unpaired) electrons. The van der Waals surface area contributed by atoms with Crippen molar-refractivity contribution in [2.45, 2.75) is 45.4 Å². The summed E-state index contributed by atoms with van der Waals surface area (Å²) in [7, 11) is 0. The Balaban J connectivity index is 2.28. The second-order valence-electron chi connectivity index (χ2n) is 3.68. The molecule has 0 unspecified atom stereocenters. The van der Waals surface area contributed by atoms with Crippen molar-refractivity contribution in [3.05, 3.63) is 11.6 Å². The lowest BCUT2D eigenvalue weighted by molar-refractivity contribution is -0.117. The van der Waals surface area contributed by atoms with E-state index in [9.17, 15) is 9.59 Å². The first-order valence-corrected chi connectivity index (χ1v) is 4.90. The zero-order valence-corrected chi connectivity index (χ0v) is 8.14. The van der Waals surface area contributed by atoms with E-state index in [2.05, 4.69) is 0 Å². The van der Waals surface area contributed by atoms with Crippen LogP contribution in [0.15, 0.2) is 11.6 Å². The lowest BCUT2D eigenvalue weighted by Crippen LogP contribution is -2.03. The minimum atomic E-state index is 0.239. The number of Topliss-reactive ketones (excluding diaryl/α,β-unsaturated/α-hetero) is 1. The molecule has 0 aromatic carbocycles. The van der Waals surface area contributed by atoms with Gasteiger partial charge in [-0.25, -0.2) is 0 Å². The Hall–Kier alpha value is -0.920. The number of rotatable bonds is 4. The molecule has 0 heterocycles. The maximum Gasteiger partial charge on any atom is 0.155 e. The highest BCUT2D eigenvalue weighted by molar-refractivity contribution is 5.91. The largest absolute Gasteiger partial charge is 0.300 e. The van der Waals surface area contributed by atoms with Crippen LogP contribution in [0.1, 0.15) is 45.4 Å². The smallest absolute Gasteiger partial charge is 0.155 e. The minimum Gasteiger partial charge on any atom is -0.300 e. The first-order chi connectivity index (χ1) is 6.18. The molecule has 0 atom stereocenters. The van der Waals surface area contributed by atoms with Crippen molar-refractivity contribution in [3.63, 3.8) is 0 Å². The summed E-state index contributed by atoms with van der Waals surface area (Å²) in [6.07, 6.45) is 6.97. The Morgan fingerprint density at radius 3 is 2.85 bits per heavy atom. The predicted octanol–water partition coefficient (Wildman–Crippen LogP) is 2.43. The predicted molar refractivity (Wildman–Crippen MR) is 51.5 cm³/mol. The van der Waals surface area contributed by atoms with Crippen LogP contribution in [0.25, 0.3) is 0 Å². The molecule has 0 N–H and O–H groups in total. The van der Waals surface area contributed by atoms with Crippen molar-refractivity contribution in [2.75, 3.05) is 0 Å². The number of ketones is 2. The second kappa shape index (κ2) is 4.95. The molecule has 1 aliphatic carbocycles. The van der Waals surface area contributed by atoms with E-state index < -0.39 is 0 Å². The highest BCUT2D eigenvalue weighted by Crippen LogP contribution is 2.20. The van der Waals surface area contributed by atoms with Crippen LogP contribution in [0.3, 0.4) is 0 Å². The molecular formula is C11H16O2. The lowest BCUT2D eigenvalue weighted by Gasteiger charge is -2.10. The van der Waals surface area contributed by atoms with E-state index in [-0.39, 0.29) is 11.6 Å². The number of hydrogen-bond donors (Lipinski definition) is 0. The van der Waals surface area contributed by atoms with Gasteiger partial charge in [-0.05, 0) is 38.7 Å². The van der Waals surface area contributed by atoms with E-state index in [0.717, 1.165) is 25.7 Å². The summed E-state index contributed by atoms with van der Waals surface area (Å²) in [5.74, 6) is 0.492. The van der Waals surface area contributed by atoms with Crippen LogP contribution >= 0.6 is 0 Å². The molecule has 2 nitrogen and oxygen atoms in total. The molecule has 1 aliphatic rings. The molecule has 72 valence electrons. The fraction of sp³-hybridized carbons (Fsp3) is 0.636. The summed E-state index contributed by atoms with van der Waals surface area (Å²) in [4.78, 5) is 21.7. The molecule has 0 saturated heterocycles. The molecule has 1 rings (SSSR count). The average Bonchev–Trinajstić information content (AvgIpc) is 2.03. The molecule has 13 heavy (non-hydrogen) atoms. The van der Waals surface area contributed by atoms with Crippen molar-refractivity contribution >= 4 is 11.6 Å². The Labute approximate surface area is 79.0 Å². The standard InChI is InChI=1S/C11H16O2/c1-9(12)4-2-5-10-6-3-7-11(13)8-10/h8H,2-7H2,1H3. The molecule has 0 fully saturated rings. The van der Waals surface area contributed by atoms with Crippen molar-refractivity contribution in [3.8, 4) is 0 Å². The normalized spacial score (nSPS) is 17.0. The van der Waals surface area contributed by atoms with Crippen molar-refractivity contribution in [2.24, 2.45) is 0 Å². The molecule has 0 bridgehead atoms. The molecule has 0 amide bonds. The second-order valence-corrected chi connectivity index (χ2v) is 3.68. The molecule has 0 aromatic rings. The Kier molecular flexibility index (Phi) is 3.87. The minimum absolute atomic E-state index is 0.239. The summed E-state index contributed by atoms with van der Waals surface area (Å²) in [5.41, 5.74) is 1.23. The van der Waals surface area contributed by atoms with Gasteiger partial charge in [-0.2, -0.15) is 0 Å². The molecule has 2 heteroatoms. The third-order valence-corrected chi connectivity index (χ3v) is 2.31. The van der Waals surface area contributed by atoms with E-state index in [0.29, 0.717) is 12.8 Å². The first-order valence-electron chi connectivity index (χ1n) is 4.90. The number of allylic oxidation sites excluding steroid dienone is 2. The quantitative estimate of drug-likeness (QED) is 0.665. The summed E-state index contributed by atoms with van der Waals surface area (Å²) < 4.78 is 0. The summed E-state index contributed by atoms with van der Waals surface area (Å²) >= 11 is 0. The monoisotopic (exact) mass is 180 g/mol. The Morgan fingerprint density at radius 2 is 2.23 bits per heavy atom. The first kappa shape index (κ1) is 10.2. The van der Waals surface area contributed by atoms with Gasteiger partial charge in [-0.1, -0.05) is 5.57 Å². The van der Waals surface area contributed by atoms with Crippen molar-refractivity contribution in [1.82, 2.24) is 0 Å². The molecule has 0 spiro atoms. The van der Waals surface area contributed by atoms with Gasteiger partial charge in [-0.3, -0.25) is 4.79 Å². The van der Waals surface area contributed by atoms with E-state index in [4.69, 9.17) is 0 Å². The van der Waals surface area contributed by atoms with Crippen molar-refractivity contribution < 1.29 is 9.59 Å². The Bertz CT molecular complexity index is 238. The molecule has 0 aliphatic heterocycles. The highest BCUT2D eigenvalue weighted by Gasteiger charge is 2.09. The van der Waals surface area contributed by atoms with Gasteiger partial charge in [0.25, 0.3) is 0 Å². The summed E-state index contributed by atoms with van der Waals surface area (Å²) in [6.45, 7) is 1.61. The van der Waals surface area contributed by atoms with Gasteiger partial charge < -0.3 is 4.79 Å². The number of hydrogen-bond acceptors (Lipinski definition) is 2. The van der Waals surface area contributed by atoms with Gasteiger partial charge in [0.1, 0.15) is 5.78 Å². The summed E-state index contributed by atoms with van der Waals surface area (Å²) in [5, 5.41) is 0. The molecule has 0 saturated carbocycles. The zero-order chi connectivity index (χ0) is 9.68. The number of carbonyl (C=O) groups excluding carboxylic acids is 2. The van der Waals surface area contributed by atoms with Crippen LogP contribution in [0, 0.1) is 0 Å². The zero-order valence-electron chi connectivity index (χ0n) is 8.14. The van der Waals surface area contributed by atoms with Crippen LogP contribution in [-0.4, -0.2) is 11.6 Å². The number of carbonyl (C=O) groups is 2. The van der Waals surface area contributed by atoms with Crippen LogP contribution in [0.5, 0.6) is 0 Å². The van der Waals surface area contributed by atoms with Gasteiger partial charge in [-0.15, -0.1) is 0 Å². The third kappa shape index (κ3) is 4.02. The molecule has 0 aromatic heterocycles. The highest BCUT2D eigenvalue weighted by atomic mass is 16.1. The van der Waals surface area contributed by atoms with E-state index >= 15 is 0 Å². The maximum atomic E-state index is 11.0. The van der Waals surface area contributed by atoms with Gasteiger partial charge in [0, 0.05) is 12.8 Å². The molecular weight excluding hydrogens is 164 g/mol. The van der Waals surface area contributed by atoms with E-state index in [1.54, 1.807) is 13.0 Å². The van der Waals surface area contributed by atoms with Gasteiger partial charge >= 0.3 is 0 Å². The van der Waals surface area contributed by atoms with Crippen LogP contribution < -0.4 is 0 Å². The van der Waals surface area contributed by atoms with Crippen molar-refractivity contribution in [1.29, 1.82) is 0 Å². The van der Waals surface area contributed by atoms with Gasteiger partial charge in [0.05, 0.1) is 0 Å². The van der Waals surface area contributed by atoms with E-state index in [1.165, 1.54) is 5.57 Å². The van der Waals surface area contributed by atoms with Crippen LogP contribution in [-0.2, 0) is 9.59 Å². The summed E-state index contributed by atoms with van der Waals surface area (Å²) in [6, 6.07) is 0. The van der Waals surface area contributed by atoms with E-state index in [1.807, 2.05) is 0 Å². The van der Waals surface area contributed by atoms with Gasteiger partial charge in [0.15, 0.2) is 5.78 Å². The fourth-order valence-corrected chi connectivity index (χ4v) is 1.62. The lowest BCUT2D eigenvalue weighted by atomic mass is 9.94. The topological polar surface area (TPSA) is 34.1 Å². The maximum absolute atomic E-state index is 11.0. The SMILES string of the molecule is CC(=O)CCCC1=CC(=O)CCC1. The Morgan fingerprint density at radius 1 is 1.46 bits per heavy atom.